The third-order valence-electron chi connectivity index (χ3n) is 3.43. The lowest BCUT2D eigenvalue weighted by molar-refractivity contribution is -0.141. The minimum atomic E-state index is -0.974. The van der Waals surface area contributed by atoms with E-state index in [2.05, 4.69) is 0 Å². The number of amides is 1. The Labute approximate surface area is 116 Å². The lowest BCUT2D eigenvalue weighted by Crippen LogP contribution is -2.40. The van der Waals surface area contributed by atoms with Gasteiger partial charge in [-0.15, -0.1) is 0 Å². The van der Waals surface area contributed by atoms with E-state index in [0.717, 1.165) is 0 Å². The molecule has 108 valence electrons. The maximum Gasteiger partial charge on any atom is 0.326 e. The molecule has 1 aromatic carbocycles. The Morgan fingerprint density at radius 3 is 2.65 bits per heavy atom. The molecule has 1 aliphatic heterocycles. The molecule has 0 aliphatic carbocycles. The summed E-state index contributed by atoms with van der Waals surface area (Å²) >= 11 is 0. The molecular formula is C14H17NO5. The molecule has 0 spiro atoms. The number of hydrogen-bond donors (Lipinski definition) is 1. The van der Waals surface area contributed by atoms with E-state index in [-0.39, 0.29) is 5.91 Å². The average molecular weight is 279 g/mol. The number of likely N-dealkylation sites (tertiary alicyclic amines) is 1. The van der Waals surface area contributed by atoms with Crippen molar-refractivity contribution in [1.29, 1.82) is 0 Å². The summed E-state index contributed by atoms with van der Waals surface area (Å²) < 4.78 is 10.4. The summed E-state index contributed by atoms with van der Waals surface area (Å²) in [6.45, 7) is 0.441. The second-order valence-electron chi connectivity index (χ2n) is 4.54. The lowest BCUT2D eigenvalue weighted by Gasteiger charge is -2.22. The predicted molar refractivity (Wildman–Crippen MR) is 71.2 cm³/mol. The van der Waals surface area contributed by atoms with E-state index in [1.54, 1.807) is 18.2 Å². The molecule has 20 heavy (non-hydrogen) atoms. The van der Waals surface area contributed by atoms with E-state index < -0.39 is 12.0 Å². The number of rotatable bonds is 4. The zero-order valence-electron chi connectivity index (χ0n) is 11.5. The molecule has 1 aromatic rings. The highest BCUT2D eigenvalue weighted by Crippen LogP contribution is 2.33. The molecule has 0 radical (unpaired) electrons. The highest BCUT2D eigenvalue weighted by atomic mass is 16.5. The average Bonchev–Trinajstić information content (AvgIpc) is 2.95. The minimum absolute atomic E-state index is 0.319. The normalized spacial score (nSPS) is 17.9. The topological polar surface area (TPSA) is 76.1 Å². The van der Waals surface area contributed by atoms with Gasteiger partial charge in [0.1, 0.15) is 6.04 Å². The molecule has 0 saturated carbocycles. The van der Waals surface area contributed by atoms with Crippen LogP contribution in [0.2, 0.25) is 0 Å². The van der Waals surface area contributed by atoms with Crippen LogP contribution in [0.25, 0.3) is 0 Å². The van der Waals surface area contributed by atoms with Crippen LogP contribution >= 0.6 is 0 Å². The number of carboxylic acids is 1. The van der Waals surface area contributed by atoms with Gasteiger partial charge in [0.25, 0.3) is 5.91 Å². The smallest absolute Gasteiger partial charge is 0.326 e. The van der Waals surface area contributed by atoms with E-state index in [0.29, 0.717) is 36.4 Å². The molecule has 6 nitrogen and oxygen atoms in total. The van der Waals surface area contributed by atoms with E-state index >= 15 is 0 Å². The largest absolute Gasteiger partial charge is 0.493 e. The Morgan fingerprint density at radius 1 is 1.30 bits per heavy atom. The molecule has 6 heteroatoms. The van der Waals surface area contributed by atoms with E-state index in [9.17, 15) is 9.59 Å². The number of carboxylic acid groups (broad SMARTS) is 1. The quantitative estimate of drug-likeness (QED) is 0.901. The van der Waals surface area contributed by atoms with Gasteiger partial charge in [-0.05, 0) is 25.0 Å². The van der Waals surface area contributed by atoms with E-state index in [1.165, 1.54) is 19.1 Å². The molecule has 1 fully saturated rings. The summed E-state index contributed by atoms with van der Waals surface area (Å²) in [6, 6.07) is 4.22. The van der Waals surface area contributed by atoms with Gasteiger partial charge < -0.3 is 19.5 Å². The van der Waals surface area contributed by atoms with Crippen molar-refractivity contribution in [2.75, 3.05) is 20.8 Å². The third kappa shape index (κ3) is 2.41. The van der Waals surface area contributed by atoms with Crippen LogP contribution in [0.1, 0.15) is 23.2 Å². The first-order valence-corrected chi connectivity index (χ1v) is 6.35. The summed E-state index contributed by atoms with van der Waals surface area (Å²) in [7, 11) is 2.94. The SMILES string of the molecule is COc1cccc(C(=O)N2CCC[C@H]2C(=O)O)c1OC. The Hall–Kier alpha value is -2.24. The maximum atomic E-state index is 12.5. The second-order valence-corrected chi connectivity index (χ2v) is 4.54. The monoisotopic (exact) mass is 279 g/mol. The second kappa shape index (κ2) is 5.81. The minimum Gasteiger partial charge on any atom is -0.493 e. The molecule has 1 aliphatic rings. The lowest BCUT2D eigenvalue weighted by atomic mass is 10.1. The number of benzene rings is 1. The predicted octanol–water partition coefficient (Wildman–Crippen LogP) is 1.39. The van der Waals surface area contributed by atoms with Crippen LogP contribution < -0.4 is 9.47 Å². The summed E-state index contributed by atoms with van der Waals surface area (Å²) in [5.74, 6) is -0.538. The fourth-order valence-electron chi connectivity index (χ4n) is 2.48. The first-order valence-electron chi connectivity index (χ1n) is 6.35. The van der Waals surface area contributed by atoms with Gasteiger partial charge in [-0.2, -0.15) is 0 Å². The number of para-hydroxylation sites is 1. The van der Waals surface area contributed by atoms with Crippen molar-refractivity contribution < 1.29 is 24.2 Å². The van der Waals surface area contributed by atoms with Gasteiger partial charge >= 0.3 is 5.97 Å². The molecule has 0 bridgehead atoms. The van der Waals surface area contributed by atoms with Gasteiger partial charge in [0.15, 0.2) is 11.5 Å². The van der Waals surface area contributed by atoms with Gasteiger partial charge in [0.2, 0.25) is 0 Å². The van der Waals surface area contributed by atoms with Crippen LogP contribution in [0, 0.1) is 0 Å². The van der Waals surface area contributed by atoms with Gasteiger partial charge in [0, 0.05) is 6.54 Å². The van der Waals surface area contributed by atoms with E-state index in [4.69, 9.17) is 14.6 Å². The molecule has 1 heterocycles. The molecule has 1 N–H and O–H groups in total. The van der Waals surface area contributed by atoms with Crippen LogP contribution in [0.3, 0.4) is 0 Å². The Morgan fingerprint density at radius 2 is 2.05 bits per heavy atom. The van der Waals surface area contributed by atoms with Crippen molar-refractivity contribution in [3.63, 3.8) is 0 Å². The molecular weight excluding hydrogens is 262 g/mol. The van der Waals surface area contributed by atoms with Crippen molar-refractivity contribution in [2.45, 2.75) is 18.9 Å². The zero-order chi connectivity index (χ0) is 14.7. The van der Waals surface area contributed by atoms with Crippen molar-refractivity contribution in [3.05, 3.63) is 23.8 Å². The molecule has 1 saturated heterocycles. The van der Waals surface area contributed by atoms with Gasteiger partial charge in [-0.1, -0.05) is 6.07 Å². The number of nitrogens with zero attached hydrogens (tertiary/aromatic N) is 1. The van der Waals surface area contributed by atoms with Gasteiger partial charge in [0.05, 0.1) is 19.8 Å². The summed E-state index contributed by atoms with van der Waals surface area (Å²) in [4.78, 5) is 25.1. The van der Waals surface area contributed by atoms with Crippen LogP contribution in [0.5, 0.6) is 11.5 Å². The van der Waals surface area contributed by atoms with Crippen molar-refractivity contribution in [3.8, 4) is 11.5 Å². The third-order valence-corrected chi connectivity index (χ3v) is 3.43. The summed E-state index contributed by atoms with van der Waals surface area (Å²) in [5.41, 5.74) is 0.319. The van der Waals surface area contributed by atoms with Crippen LogP contribution in [-0.4, -0.2) is 48.7 Å². The number of hydrogen-bond acceptors (Lipinski definition) is 4. The fraction of sp³-hybridized carbons (Fsp3) is 0.429. The summed E-state index contributed by atoms with van der Waals surface area (Å²) in [6.07, 6.45) is 1.17. The Balaban J connectivity index is 2.36. The van der Waals surface area contributed by atoms with Crippen LogP contribution in [0.4, 0.5) is 0 Å². The van der Waals surface area contributed by atoms with Crippen LogP contribution in [-0.2, 0) is 4.79 Å². The number of carbonyl (C=O) groups is 2. The molecule has 2 rings (SSSR count). The number of carbonyl (C=O) groups excluding carboxylic acids is 1. The highest BCUT2D eigenvalue weighted by Gasteiger charge is 2.35. The number of methoxy groups -OCH3 is 2. The number of ether oxygens (including phenoxy) is 2. The number of aliphatic carboxylic acids is 1. The summed E-state index contributed by atoms with van der Waals surface area (Å²) in [5, 5.41) is 9.16. The van der Waals surface area contributed by atoms with Gasteiger partial charge in [-0.3, -0.25) is 4.79 Å². The van der Waals surface area contributed by atoms with Crippen molar-refractivity contribution in [2.24, 2.45) is 0 Å². The molecule has 0 aromatic heterocycles. The van der Waals surface area contributed by atoms with Crippen molar-refractivity contribution in [1.82, 2.24) is 4.90 Å². The first-order chi connectivity index (χ1) is 9.60. The highest BCUT2D eigenvalue weighted by molar-refractivity contribution is 6.00. The molecule has 1 atom stereocenters. The molecule has 0 unspecified atom stereocenters. The first kappa shape index (κ1) is 14.2. The Bertz CT molecular complexity index is 528. The van der Waals surface area contributed by atoms with E-state index in [1.807, 2.05) is 0 Å². The fourth-order valence-corrected chi connectivity index (χ4v) is 2.48. The molecule has 1 amide bonds. The Kier molecular flexibility index (Phi) is 4.12. The van der Waals surface area contributed by atoms with Crippen LogP contribution in [0.15, 0.2) is 18.2 Å². The van der Waals surface area contributed by atoms with Crippen molar-refractivity contribution >= 4 is 11.9 Å². The standard InChI is InChI=1S/C14H17NO5/c1-19-11-7-3-5-9(12(11)20-2)13(16)15-8-4-6-10(15)14(17)18/h3,5,7,10H,4,6,8H2,1-2H3,(H,17,18)/t10-/m0/s1. The maximum absolute atomic E-state index is 12.5. The zero-order valence-corrected chi connectivity index (χ0v) is 11.5. The van der Waals surface area contributed by atoms with Gasteiger partial charge in [-0.25, -0.2) is 4.79 Å².